The van der Waals surface area contributed by atoms with Crippen LogP contribution in [0.2, 0.25) is 0 Å². The van der Waals surface area contributed by atoms with E-state index in [1.165, 1.54) is 6.42 Å². The van der Waals surface area contributed by atoms with E-state index in [0.29, 0.717) is 19.1 Å². The maximum absolute atomic E-state index is 12.7. The summed E-state index contributed by atoms with van der Waals surface area (Å²) in [6, 6.07) is 10.2. The Balaban J connectivity index is 1.91. The number of hydrogen-bond donors (Lipinski definition) is 1. The molecular weight excluding hydrogens is 274 g/mol. The summed E-state index contributed by atoms with van der Waals surface area (Å²) in [4.78, 5) is 12.7. The molecule has 0 aromatic heterocycles. The summed E-state index contributed by atoms with van der Waals surface area (Å²) >= 11 is 0. The van der Waals surface area contributed by atoms with E-state index in [-0.39, 0.29) is 11.3 Å². The highest BCUT2D eigenvalue weighted by molar-refractivity contribution is 5.82. The minimum Gasteiger partial charge on any atom is -0.376 e. The Bertz CT molecular complexity index is 450. The molecule has 0 unspecified atom stereocenters. The summed E-state index contributed by atoms with van der Waals surface area (Å²) in [6.07, 6.45) is 5.39. The van der Waals surface area contributed by atoms with Crippen LogP contribution in [-0.4, -0.2) is 19.1 Å². The molecule has 1 aliphatic carbocycles. The van der Waals surface area contributed by atoms with Crippen LogP contribution in [-0.2, 0) is 16.1 Å². The van der Waals surface area contributed by atoms with E-state index in [1.54, 1.807) is 0 Å². The molecule has 22 heavy (non-hydrogen) atoms. The van der Waals surface area contributed by atoms with Crippen LogP contribution >= 0.6 is 0 Å². The van der Waals surface area contributed by atoms with Gasteiger partial charge in [0, 0.05) is 6.54 Å². The minimum absolute atomic E-state index is 0.189. The molecule has 0 aliphatic heterocycles. The van der Waals surface area contributed by atoms with Gasteiger partial charge in [-0.1, -0.05) is 63.4 Å². The predicted octanol–water partition coefficient (Wildman–Crippen LogP) is 3.93. The molecule has 0 heterocycles. The van der Waals surface area contributed by atoms with Crippen molar-refractivity contribution in [2.24, 2.45) is 11.3 Å². The highest BCUT2D eigenvalue weighted by Crippen LogP contribution is 2.37. The van der Waals surface area contributed by atoms with Gasteiger partial charge >= 0.3 is 0 Å². The summed E-state index contributed by atoms with van der Waals surface area (Å²) in [5.41, 5.74) is 0.845. The number of hydrogen-bond acceptors (Lipinski definition) is 2. The molecule has 1 saturated carbocycles. The van der Waals surface area contributed by atoms with Gasteiger partial charge in [-0.25, -0.2) is 0 Å². The molecule has 0 saturated heterocycles. The SMILES string of the molecule is CC(C)CNC(=O)C1(COCc2ccccc2)CCCCC1. The fraction of sp³-hybridized carbons (Fsp3) is 0.632. The third-order valence-electron chi connectivity index (χ3n) is 4.45. The molecule has 1 fully saturated rings. The van der Waals surface area contributed by atoms with Crippen LogP contribution in [0.15, 0.2) is 30.3 Å². The predicted molar refractivity (Wildman–Crippen MR) is 89.5 cm³/mol. The molecule has 1 aromatic rings. The fourth-order valence-electron chi connectivity index (χ4n) is 3.09. The van der Waals surface area contributed by atoms with Crippen LogP contribution in [0.1, 0.15) is 51.5 Å². The quantitative estimate of drug-likeness (QED) is 0.829. The molecule has 1 amide bonds. The highest BCUT2D eigenvalue weighted by atomic mass is 16.5. The van der Waals surface area contributed by atoms with E-state index in [0.717, 1.165) is 37.8 Å². The van der Waals surface area contributed by atoms with Crippen LogP contribution in [0.3, 0.4) is 0 Å². The Morgan fingerprint density at radius 1 is 1.18 bits per heavy atom. The Morgan fingerprint density at radius 3 is 2.50 bits per heavy atom. The van der Waals surface area contributed by atoms with Gasteiger partial charge in [-0.15, -0.1) is 0 Å². The lowest BCUT2D eigenvalue weighted by Crippen LogP contribution is -2.46. The van der Waals surface area contributed by atoms with Gasteiger partial charge in [-0.3, -0.25) is 4.79 Å². The summed E-state index contributed by atoms with van der Waals surface area (Å²) in [5.74, 6) is 0.670. The molecule has 3 heteroatoms. The average molecular weight is 303 g/mol. The zero-order valence-electron chi connectivity index (χ0n) is 13.9. The fourth-order valence-corrected chi connectivity index (χ4v) is 3.09. The molecule has 1 N–H and O–H groups in total. The van der Waals surface area contributed by atoms with Gasteiger partial charge < -0.3 is 10.1 Å². The van der Waals surface area contributed by atoms with Gasteiger partial charge in [0.25, 0.3) is 0 Å². The third kappa shape index (κ3) is 4.84. The smallest absolute Gasteiger partial charge is 0.228 e. The first-order chi connectivity index (χ1) is 10.6. The Labute approximate surface area is 134 Å². The van der Waals surface area contributed by atoms with Crippen molar-refractivity contribution in [1.29, 1.82) is 0 Å². The highest BCUT2D eigenvalue weighted by Gasteiger charge is 2.39. The van der Waals surface area contributed by atoms with E-state index in [1.807, 2.05) is 18.2 Å². The summed E-state index contributed by atoms with van der Waals surface area (Å²) in [6.45, 7) is 6.12. The lowest BCUT2D eigenvalue weighted by Gasteiger charge is -2.35. The molecule has 0 spiro atoms. The summed E-state index contributed by atoms with van der Waals surface area (Å²) in [7, 11) is 0. The second-order valence-corrected chi connectivity index (χ2v) is 6.92. The van der Waals surface area contributed by atoms with Crippen molar-refractivity contribution in [3.8, 4) is 0 Å². The van der Waals surface area contributed by atoms with Crippen molar-refractivity contribution in [1.82, 2.24) is 5.32 Å². The van der Waals surface area contributed by atoms with Crippen LogP contribution in [0, 0.1) is 11.3 Å². The molecule has 122 valence electrons. The molecule has 2 rings (SSSR count). The van der Waals surface area contributed by atoms with E-state index in [9.17, 15) is 4.79 Å². The normalized spacial score (nSPS) is 17.4. The lowest BCUT2D eigenvalue weighted by molar-refractivity contribution is -0.138. The van der Waals surface area contributed by atoms with E-state index in [2.05, 4.69) is 31.3 Å². The van der Waals surface area contributed by atoms with Crippen molar-refractivity contribution in [2.75, 3.05) is 13.2 Å². The topological polar surface area (TPSA) is 38.3 Å². The first-order valence-electron chi connectivity index (χ1n) is 8.52. The van der Waals surface area contributed by atoms with Crippen molar-refractivity contribution < 1.29 is 9.53 Å². The van der Waals surface area contributed by atoms with Crippen molar-refractivity contribution >= 4 is 5.91 Å². The number of ether oxygens (including phenoxy) is 1. The van der Waals surface area contributed by atoms with Crippen molar-refractivity contribution in [3.63, 3.8) is 0 Å². The van der Waals surface area contributed by atoms with E-state index in [4.69, 9.17) is 4.74 Å². The number of rotatable bonds is 7. The Kier molecular flexibility index (Phi) is 6.44. The largest absolute Gasteiger partial charge is 0.376 e. The number of benzene rings is 1. The molecule has 0 bridgehead atoms. The zero-order chi connectivity index (χ0) is 15.8. The lowest BCUT2D eigenvalue weighted by atomic mass is 9.74. The minimum atomic E-state index is -0.318. The van der Waals surface area contributed by atoms with Gasteiger partial charge in [0.1, 0.15) is 0 Å². The molecule has 3 nitrogen and oxygen atoms in total. The van der Waals surface area contributed by atoms with Crippen LogP contribution < -0.4 is 5.32 Å². The molecular formula is C19H29NO2. The van der Waals surface area contributed by atoms with Crippen LogP contribution in [0.4, 0.5) is 0 Å². The molecule has 1 aliphatic rings. The average Bonchev–Trinajstić information content (AvgIpc) is 2.54. The summed E-state index contributed by atoms with van der Waals surface area (Å²) < 4.78 is 5.93. The maximum Gasteiger partial charge on any atom is 0.228 e. The van der Waals surface area contributed by atoms with E-state index < -0.39 is 0 Å². The number of amides is 1. The third-order valence-corrected chi connectivity index (χ3v) is 4.45. The molecule has 0 radical (unpaired) electrons. The van der Waals surface area contributed by atoms with Crippen molar-refractivity contribution in [3.05, 3.63) is 35.9 Å². The maximum atomic E-state index is 12.7. The molecule has 0 atom stereocenters. The number of carbonyl (C=O) groups is 1. The van der Waals surface area contributed by atoms with Crippen LogP contribution in [0.5, 0.6) is 0 Å². The zero-order valence-corrected chi connectivity index (χ0v) is 13.9. The Morgan fingerprint density at radius 2 is 1.86 bits per heavy atom. The monoisotopic (exact) mass is 303 g/mol. The van der Waals surface area contributed by atoms with Crippen LogP contribution in [0.25, 0.3) is 0 Å². The van der Waals surface area contributed by atoms with Crippen molar-refractivity contribution in [2.45, 2.75) is 52.6 Å². The van der Waals surface area contributed by atoms with Gasteiger partial charge in [-0.2, -0.15) is 0 Å². The van der Waals surface area contributed by atoms with Gasteiger partial charge in [0.15, 0.2) is 0 Å². The number of nitrogens with one attached hydrogen (secondary N) is 1. The standard InChI is InChI=1S/C19H29NO2/c1-16(2)13-20-18(21)19(11-7-4-8-12-19)15-22-14-17-9-5-3-6-10-17/h3,5-6,9-10,16H,4,7-8,11-15H2,1-2H3,(H,20,21). The Hall–Kier alpha value is -1.35. The summed E-state index contributed by atoms with van der Waals surface area (Å²) in [5, 5.41) is 3.12. The first-order valence-corrected chi connectivity index (χ1v) is 8.52. The van der Waals surface area contributed by atoms with E-state index >= 15 is 0 Å². The molecule has 1 aromatic carbocycles. The second kappa shape index (κ2) is 8.33. The van der Waals surface area contributed by atoms with Gasteiger partial charge in [0.2, 0.25) is 5.91 Å². The first kappa shape index (κ1) is 17.0. The van der Waals surface area contributed by atoms with Gasteiger partial charge in [0.05, 0.1) is 18.6 Å². The number of carbonyl (C=O) groups excluding carboxylic acids is 1. The second-order valence-electron chi connectivity index (χ2n) is 6.92. The van der Waals surface area contributed by atoms with Gasteiger partial charge in [-0.05, 0) is 24.3 Å².